The van der Waals surface area contributed by atoms with Crippen LogP contribution in [0.4, 0.5) is 0 Å². The fourth-order valence-electron chi connectivity index (χ4n) is 4.43. The van der Waals surface area contributed by atoms with Crippen molar-refractivity contribution < 1.29 is 4.79 Å². The molecule has 2 aromatic rings. The highest BCUT2D eigenvalue weighted by molar-refractivity contribution is 5.95. The van der Waals surface area contributed by atoms with E-state index in [9.17, 15) is 4.79 Å². The number of fused-ring (bicyclic) bond motifs is 1. The third-order valence-corrected chi connectivity index (χ3v) is 5.70. The normalized spacial score (nSPS) is 22.6. The minimum Gasteiger partial charge on any atom is -0.335 e. The Labute approximate surface area is 143 Å². The number of hydrogen-bond acceptors (Lipinski definition) is 2. The summed E-state index contributed by atoms with van der Waals surface area (Å²) < 4.78 is 0. The molecule has 2 fully saturated rings. The zero-order chi connectivity index (χ0) is 16.5. The summed E-state index contributed by atoms with van der Waals surface area (Å²) in [5.74, 6) is 0.938. The summed E-state index contributed by atoms with van der Waals surface area (Å²) in [7, 11) is 0. The van der Waals surface area contributed by atoms with Crippen molar-refractivity contribution in [2.45, 2.75) is 38.3 Å². The van der Waals surface area contributed by atoms with Crippen LogP contribution in [0.3, 0.4) is 0 Å². The molecular formula is C21H24N2O. The lowest BCUT2D eigenvalue weighted by atomic mass is 9.98. The smallest absolute Gasteiger partial charge is 0.254 e. The summed E-state index contributed by atoms with van der Waals surface area (Å²) in [6.07, 6.45) is 4.92. The topological polar surface area (TPSA) is 46.3 Å². The summed E-state index contributed by atoms with van der Waals surface area (Å²) in [4.78, 5) is 15.0. The van der Waals surface area contributed by atoms with Crippen LogP contribution in [0, 0.1) is 5.92 Å². The molecular weight excluding hydrogens is 296 g/mol. The molecule has 24 heavy (non-hydrogen) atoms. The second kappa shape index (κ2) is 6.40. The molecule has 4 rings (SSSR count). The number of carbonyl (C=O) groups excluding carboxylic acids is 1. The number of carbonyl (C=O) groups is 1. The van der Waals surface area contributed by atoms with Crippen LogP contribution in [0.15, 0.2) is 48.5 Å². The van der Waals surface area contributed by atoms with Gasteiger partial charge in [0.05, 0.1) is 0 Å². The molecule has 1 saturated carbocycles. The Bertz CT molecular complexity index is 738. The molecule has 2 atom stereocenters. The molecule has 1 aliphatic carbocycles. The Kier molecular flexibility index (Phi) is 4.11. The van der Waals surface area contributed by atoms with Crippen LogP contribution in [0.25, 0.3) is 11.1 Å². The molecule has 0 radical (unpaired) electrons. The van der Waals surface area contributed by atoms with Crippen LogP contribution in [0.5, 0.6) is 0 Å². The van der Waals surface area contributed by atoms with Gasteiger partial charge in [0, 0.05) is 24.7 Å². The van der Waals surface area contributed by atoms with Crippen molar-refractivity contribution in [1.29, 1.82) is 0 Å². The Morgan fingerprint density at radius 2 is 1.83 bits per heavy atom. The van der Waals surface area contributed by atoms with Gasteiger partial charge in [0.1, 0.15) is 0 Å². The van der Waals surface area contributed by atoms with E-state index in [2.05, 4.69) is 17.0 Å². The van der Waals surface area contributed by atoms with Gasteiger partial charge in [-0.1, -0.05) is 42.8 Å². The van der Waals surface area contributed by atoms with Gasteiger partial charge >= 0.3 is 0 Å². The Morgan fingerprint density at radius 3 is 2.62 bits per heavy atom. The number of benzene rings is 2. The van der Waals surface area contributed by atoms with E-state index in [1.54, 1.807) is 0 Å². The highest BCUT2D eigenvalue weighted by atomic mass is 16.2. The lowest BCUT2D eigenvalue weighted by Gasteiger charge is -2.24. The molecule has 1 amide bonds. The molecule has 2 aliphatic rings. The number of hydrogen-bond donors (Lipinski definition) is 1. The Morgan fingerprint density at radius 1 is 1.04 bits per heavy atom. The van der Waals surface area contributed by atoms with Crippen molar-refractivity contribution in [2.24, 2.45) is 11.7 Å². The molecule has 2 unspecified atom stereocenters. The summed E-state index contributed by atoms with van der Waals surface area (Å²) in [6, 6.07) is 16.7. The molecule has 0 aromatic heterocycles. The van der Waals surface area contributed by atoms with Crippen molar-refractivity contribution in [2.75, 3.05) is 6.54 Å². The maximum Gasteiger partial charge on any atom is 0.254 e. The molecule has 0 spiro atoms. The van der Waals surface area contributed by atoms with Crippen molar-refractivity contribution in [3.63, 3.8) is 0 Å². The van der Waals surface area contributed by atoms with Gasteiger partial charge in [0.15, 0.2) is 0 Å². The van der Waals surface area contributed by atoms with E-state index in [0.29, 0.717) is 12.6 Å². The molecule has 2 aromatic carbocycles. The van der Waals surface area contributed by atoms with Gasteiger partial charge in [-0.25, -0.2) is 0 Å². The highest BCUT2D eigenvalue weighted by Crippen LogP contribution is 2.38. The first-order valence-electron chi connectivity index (χ1n) is 8.97. The predicted molar refractivity (Wildman–Crippen MR) is 96.6 cm³/mol. The highest BCUT2D eigenvalue weighted by Gasteiger charge is 2.39. The van der Waals surface area contributed by atoms with E-state index in [1.165, 1.54) is 25.7 Å². The Hall–Kier alpha value is -2.13. The summed E-state index contributed by atoms with van der Waals surface area (Å²) in [5, 5.41) is 0. The zero-order valence-corrected chi connectivity index (χ0v) is 13.9. The van der Waals surface area contributed by atoms with Crippen molar-refractivity contribution in [1.82, 2.24) is 4.90 Å². The summed E-state index contributed by atoms with van der Waals surface area (Å²) in [6.45, 7) is 1.44. The Balaban J connectivity index is 1.56. The van der Waals surface area contributed by atoms with Crippen molar-refractivity contribution >= 4 is 5.91 Å². The van der Waals surface area contributed by atoms with Gasteiger partial charge in [-0.05, 0) is 54.0 Å². The molecule has 2 N–H and O–H groups in total. The number of nitrogens with two attached hydrogens (primary N) is 1. The summed E-state index contributed by atoms with van der Waals surface area (Å²) in [5.41, 5.74) is 10.0. The zero-order valence-electron chi connectivity index (χ0n) is 13.9. The molecule has 3 heteroatoms. The molecule has 124 valence electrons. The van der Waals surface area contributed by atoms with Gasteiger partial charge in [-0.2, -0.15) is 0 Å². The first-order chi connectivity index (χ1) is 11.8. The van der Waals surface area contributed by atoms with E-state index >= 15 is 0 Å². The third kappa shape index (κ3) is 2.63. The molecule has 1 saturated heterocycles. The number of likely N-dealkylation sites (tertiary alicyclic amines) is 1. The number of amides is 1. The number of rotatable bonds is 3. The third-order valence-electron chi connectivity index (χ3n) is 5.70. The van der Waals surface area contributed by atoms with E-state index in [0.717, 1.165) is 34.7 Å². The standard InChI is InChI=1S/C21H24N2O/c22-14-18-4-1-2-6-19(18)15-8-10-17(11-9-15)21(24)23-13-12-16-5-3-7-20(16)23/h1-2,4,6,8-11,16,20H,3,5,7,12-14,22H2. The first kappa shape index (κ1) is 15.4. The summed E-state index contributed by atoms with van der Waals surface area (Å²) >= 11 is 0. The fourth-order valence-corrected chi connectivity index (χ4v) is 4.43. The second-order valence-electron chi connectivity index (χ2n) is 6.98. The minimum absolute atomic E-state index is 0.197. The quantitative estimate of drug-likeness (QED) is 0.934. The van der Waals surface area contributed by atoms with Gasteiger partial charge in [0.25, 0.3) is 5.91 Å². The van der Waals surface area contributed by atoms with Crippen molar-refractivity contribution in [3.8, 4) is 11.1 Å². The molecule has 1 aliphatic heterocycles. The van der Waals surface area contributed by atoms with Crippen molar-refractivity contribution in [3.05, 3.63) is 59.7 Å². The lowest BCUT2D eigenvalue weighted by molar-refractivity contribution is 0.0729. The van der Waals surface area contributed by atoms with Gasteiger partial charge in [-0.15, -0.1) is 0 Å². The van der Waals surface area contributed by atoms with E-state index in [4.69, 9.17) is 5.73 Å². The van der Waals surface area contributed by atoms with Gasteiger partial charge in [0.2, 0.25) is 0 Å². The monoisotopic (exact) mass is 320 g/mol. The maximum absolute atomic E-state index is 12.9. The molecule has 3 nitrogen and oxygen atoms in total. The maximum atomic E-state index is 12.9. The van der Waals surface area contributed by atoms with Crippen LogP contribution in [-0.4, -0.2) is 23.4 Å². The fraction of sp³-hybridized carbons (Fsp3) is 0.381. The number of nitrogens with zero attached hydrogens (tertiary/aromatic N) is 1. The average Bonchev–Trinajstić information content (AvgIpc) is 3.25. The minimum atomic E-state index is 0.197. The molecule has 0 bridgehead atoms. The molecule has 1 heterocycles. The first-order valence-corrected chi connectivity index (χ1v) is 8.97. The van der Waals surface area contributed by atoms with E-state index in [-0.39, 0.29) is 5.91 Å². The van der Waals surface area contributed by atoms with E-state index in [1.807, 2.05) is 36.4 Å². The van der Waals surface area contributed by atoms with Crippen LogP contribution in [0.2, 0.25) is 0 Å². The van der Waals surface area contributed by atoms with E-state index < -0.39 is 0 Å². The largest absolute Gasteiger partial charge is 0.335 e. The lowest BCUT2D eigenvalue weighted by Crippen LogP contribution is -2.35. The van der Waals surface area contributed by atoms with Crippen LogP contribution < -0.4 is 5.73 Å². The van der Waals surface area contributed by atoms with Crippen LogP contribution >= 0.6 is 0 Å². The van der Waals surface area contributed by atoms with Crippen LogP contribution in [-0.2, 0) is 6.54 Å². The predicted octanol–water partition coefficient (Wildman–Crippen LogP) is 3.83. The average molecular weight is 320 g/mol. The van der Waals surface area contributed by atoms with Crippen LogP contribution in [0.1, 0.15) is 41.6 Å². The van der Waals surface area contributed by atoms with Gasteiger partial charge in [-0.3, -0.25) is 4.79 Å². The second-order valence-corrected chi connectivity index (χ2v) is 6.98. The van der Waals surface area contributed by atoms with Gasteiger partial charge < -0.3 is 10.6 Å². The SMILES string of the molecule is NCc1ccccc1-c1ccc(C(=O)N2CCC3CCCC32)cc1.